The molecule has 2 aromatic heterocycles. The van der Waals surface area contributed by atoms with Crippen LogP contribution >= 0.6 is 7.82 Å². The summed E-state index contributed by atoms with van der Waals surface area (Å²) in [6, 6.07) is -0.878. The van der Waals surface area contributed by atoms with Gasteiger partial charge < -0.3 is 26.1 Å². The maximum atomic E-state index is 12.2. The van der Waals surface area contributed by atoms with Crippen molar-refractivity contribution in [2.75, 3.05) is 12.3 Å². The number of ether oxygens (including phenoxy) is 1. The third-order valence-corrected chi connectivity index (χ3v) is 4.82. The van der Waals surface area contributed by atoms with Crippen LogP contribution in [0.25, 0.3) is 11.2 Å². The Morgan fingerprint density at radius 1 is 1.48 bits per heavy atom. The number of hydrogen-bond acceptors (Lipinski definition) is 9. The van der Waals surface area contributed by atoms with Crippen LogP contribution in [0.1, 0.15) is 6.23 Å². The molecule has 13 heteroatoms. The molecule has 23 heavy (non-hydrogen) atoms. The van der Waals surface area contributed by atoms with Crippen LogP contribution in [0.3, 0.4) is 0 Å². The van der Waals surface area contributed by atoms with Gasteiger partial charge in [-0.1, -0.05) is 0 Å². The molecular formula is C10H13N6O6P. The number of imidazole rings is 1. The molecule has 0 spiro atoms. The predicted molar refractivity (Wildman–Crippen MR) is 75.1 cm³/mol. The lowest BCUT2D eigenvalue weighted by molar-refractivity contribution is -0.0668. The minimum atomic E-state index is -4.17. The van der Waals surface area contributed by atoms with E-state index in [-0.39, 0.29) is 23.6 Å². The molecule has 0 radical (unpaired) electrons. The summed E-state index contributed by atoms with van der Waals surface area (Å²) in [5.41, 5.74) is 11.7. The van der Waals surface area contributed by atoms with Crippen LogP contribution in [0, 0.1) is 0 Å². The summed E-state index contributed by atoms with van der Waals surface area (Å²) in [7, 11) is -4.17. The number of nitrogen functional groups attached to an aromatic ring is 1. The average Bonchev–Trinajstić information content (AvgIpc) is 2.97. The first kappa shape index (κ1) is 14.8. The highest BCUT2D eigenvalue weighted by atomic mass is 31.2. The number of phosphoric ester groups is 1. The highest BCUT2D eigenvalue weighted by Crippen LogP contribution is 2.52. The van der Waals surface area contributed by atoms with E-state index in [4.69, 9.17) is 25.3 Å². The first-order valence-electron chi connectivity index (χ1n) is 6.65. The van der Waals surface area contributed by atoms with Crippen molar-refractivity contribution in [2.24, 2.45) is 5.73 Å². The summed E-state index contributed by atoms with van der Waals surface area (Å²) in [6.45, 7) is -0.170. The molecule has 2 aliphatic heterocycles. The van der Waals surface area contributed by atoms with Crippen molar-refractivity contribution >= 4 is 24.8 Å². The molecule has 2 aromatic rings. The van der Waals surface area contributed by atoms with Gasteiger partial charge in [-0.3, -0.25) is 9.05 Å². The highest BCUT2D eigenvalue weighted by molar-refractivity contribution is 7.47. The van der Waals surface area contributed by atoms with Crippen LogP contribution in [0.15, 0.2) is 11.1 Å². The van der Waals surface area contributed by atoms with Gasteiger partial charge in [-0.15, -0.1) is 0 Å². The van der Waals surface area contributed by atoms with Crippen LogP contribution in [0.5, 0.6) is 0 Å². The monoisotopic (exact) mass is 344 g/mol. The molecular weight excluding hydrogens is 331 g/mol. The van der Waals surface area contributed by atoms with Crippen molar-refractivity contribution in [1.82, 2.24) is 19.5 Å². The summed E-state index contributed by atoms with van der Waals surface area (Å²) in [5, 5.41) is 0. The van der Waals surface area contributed by atoms with Crippen LogP contribution in [0.4, 0.5) is 5.82 Å². The Bertz CT molecular complexity index is 880. The van der Waals surface area contributed by atoms with E-state index in [0.717, 1.165) is 0 Å². The SMILES string of the molecule is Nc1ncnc2c1[nH]c(=O)n2[C@@H]1O[C@@H]2COP(=O)(O)O[C@H]2[C@H]1N. The Kier molecular flexibility index (Phi) is 3.10. The lowest BCUT2D eigenvalue weighted by Crippen LogP contribution is -2.44. The van der Waals surface area contributed by atoms with Gasteiger partial charge in [0.05, 0.1) is 12.6 Å². The van der Waals surface area contributed by atoms with E-state index in [0.29, 0.717) is 0 Å². The number of H-pyrrole nitrogens is 1. The molecule has 0 amide bonds. The quantitative estimate of drug-likeness (QED) is 0.442. The van der Waals surface area contributed by atoms with E-state index in [1.54, 1.807) is 0 Å². The number of anilines is 1. The Morgan fingerprint density at radius 2 is 2.26 bits per heavy atom. The summed E-state index contributed by atoms with van der Waals surface area (Å²) < 4.78 is 28.1. The number of fused-ring (bicyclic) bond motifs is 2. The van der Waals surface area contributed by atoms with Gasteiger partial charge in [0.25, 0.3) is 0 Å². The average molecular weight is 344 g/mol. The van der Waals surface area contributed by atoms with E-state index in [1.165, 1.54) is 10.9 Å². The smallest absolute Gasteiger partial charge is 0.382 e. The van der Waals surface area contributed by atoms with Crippen molar-refractivity contribution in [3.05, 3.63) is 16.8 Å². The third-order valence-electron chi connectivity index (χ3n) is 3.84. The second-order valence-electron chi connectivity index (χ2n) is 5.23. The molecule has 4 rings (SSSR count). The molecule has 12 nitrogen and oxygen atoms in total. The summed E-state index contributed by atoms with van der Waals surface area (Å²) in [6.07, 6.45) is -1.32. The zero-order chi connectivity index (χ0) is 16.4. The molecule has 1 unspecified atom stereocenters. The first-order valence-corrected chi connectivity index (χ1v) is 8.14. The topological polar surface area (TPSA) is 181 Å². The minimum absolute atomic E-state index is 0.106. The fraction of sp³-hybridized carbons (Fsp3) is 0.500. The van der Waals surface area contributed by atoms with Crippen molar-refractivity contribution in [1.29, 1.82) is 0 Å². The first-order chi connectivity index (χ1) is 10.9. The molecule has 2 fully saturated rings. The Morgan fingerprint density at radius 3 is 3.04 bits per heavy atom. The second kappa shape index (κ2) is 4.84. The standard InChI is InChI=1S/C10H13N6O6P/c11-4-6-3(1-20-23(18,19)22-6)21-9(4)16-8-5(15-10(16)17)7(12)13-2-14-8/h2-4,6,9H,1,11H2,(H,15,17)(H,18,19)(H2,12,13,14)/t3-,4-,6-,9-/m1/s1. The molecule has 0 bridgehead atoms. The van der Waals surface area contributed by atoms with Crippen LogP contribution in [-0.4, -0.2) is 49.3 Å². The molecule has 0 aromatic carbocycles. The van der Waals surface area contributed by atoms with Crippen LogP contribution < -0.4 is 17.2 Å². The minimum Gasteiger partial charge on any atom is -0.382 e. The zero-order valence-electron chi connectivity index (χ0n) is 11.5. The summed E-state index contributed by atoms with van der Waals surface area (Å²) >= 11 is 0. The van der Waals surface area contributed by atoms with E-state index >= 15 is 0 Å². The van der Waals surface area contributed by atoms with Gasteiger partial charge in [0.15, 0.2) is 17.7 Å². The molecule has 0 saturated carbocycles. The second-order valence-corrected chi connectivity index (χ2v) is 6.64. The molecule has 6 N–H and O–H groups in total. The van der Waals surface area contributed by atoms with E-state index in [9.17, 15) is 14.3 Å². The fourth-order valence-corrected chi connectivity index (χ4v) is 3.79. The highest BCUT2D eigenvalue weighted by Gasteiger charge is 2.52. The van der Waals surface area contributed by atoms with Crippen molar-refractivity contribution in [2.45, 2.75) is 24.5 Å². The number of phosphoric acid groups is 1. The number of aromatic amines is 1. The van der Waals surface area contributed by atoms with Gasteiger partial charge in [-0.05, 0) is 0 Å². The van der Waals surface area contributed by atoms with Gasteiger partial charge in [-0.2, -0.15) is 0 Å². The predicted octanol–water partition coefficient (Wildman–Crippen LogP) is -1.56. The summed E-state index contributed by atoms with van der Waals surface area (Å²) in [4.78, 5) is 32.0. The van der Waals surface area contributed by atoms with E-state index in [1.807, 2.05) is 0 Å². The lowest BCUT2D eigenvalue weighted by atomic mass is 10.1. The van der Waals surface area contributed by atoms with E-state index in [2.05, 4.69) is 15.0 Å². The van der Waals surface area contributed by atoms with E-state index < -0.39 is 38.0 Å². The largest absolute Gasteiger partial charge is 0.472 e. The summed E-state index contributed by atoms with van der Waals surface area (Å²) in [5.74, 6) is 0.106. The number of nitrogens with one attached hydrogen (secondary N) is 1. The molecule has 0 aliphatic carbocycles. The fourth-order valence-electron chi connectivity index (χ4n) is 2.81. The number of nitrogens with zero attached hydrogens (tertiary/aromatic N) is 3. The van der Waals surface area contributed by atoms with Crippen molar-refractivity contribution in [3.63, 3.8) is 0 Å². The molecule has 5 atom stereocenters. The molecule has 4 heterocycles. The maximum Gasteiger partial charge on any atom is 0.472 e. The molecule has 2 saturated heterocycles. The number of nitrogens with two attached hydrogens (primary N) is 2. The van der Waals surface area contributed by atoms with Crippen LogP contribution in [0.2, 0.25) is 0 Å². The Labute approximate surface area is 128 Å². The Hall–Kier alpha value is -1.82. The third kappa shape index (κ3) is 2.19. The molecule has 2 aliphatic rings. The van der Waals surface area contributed by atoms with Gasteiger partial charge in [-0.25, -0.2) is 23.9 Å². The van der Waals surface area contributed by atoms with Gasteiger partial charge in [0, 0.05) is 0 Å². The van der Waals surface area contributed by atoms with Gasteiger partial charge in [0.2, 0.25) is 0 Å². The van der Waals surface area contributed by atoms with Crippen molar-refractivity contribution < 1.29 is 23.2 Å². The Balaban J connectivity index is 1.78. The zero-order valence-corrected chi connectivity index (χ0v) is 12.4. The lowest BCUT2D eigenvalue weighted by Gasteiger charge is -2.28. The normalized spacial score (nSPS) is 37.1. The van der Waals surface area contributed by atoms with Crippen molar-refractivity contribution in [3.8, 4) is 0 Å². The van der Waals surface area contributed by atoms with Gasteiger partial charge in [0.1, 0.15) is 24.1 Å². The maximum absolute atomic E-state index is 12.2. The van der Waals surface area contributed by atoms with Crippen LogP contribution in [-0.2, 0) is 18.3 Å². The van der Waals surface area contributed by atoms with Gasteiger partial charge >= 0.3 is 13.5 Å². The number of rotatable bonds is 1. The number of aromatic nitrogens is 4. The molecule has 124 valence electrons. The number of hydrogen-bond donors (Lipinski definition) is 4.